The van der Waals surface area contributed by atoms with E-state index in [1.54, 1.807) is 0 Å². The summed E-state index contributed by atoms with van der Waals surface area (Å²) in [5.74, 6) is 0. The smallest absolute Gasteiger partial charge is 1.00 e. The van der Waals surface area contributed by atoms with E-state index in [-0.39, 0.29) is 61.4 Å². The van der Waals surface area contributed by atoms with E-state index in [9.17, 15) is 0 Å². The van der Waals surface area contributed by atoms with Crippen LogP contribution in [0.25, 0.3) is 0 Å². The van der Waals surface area contributed by atoms with E-state index in [4.69, 9.17) is 9.32 Å². The fourth-order valence-electron chi connectivity index (χ4n) is 0. The minimum Gasteiger partial charge on any atom is -1.00 e. The molecular weight excluding hydrogens is 191 g/mol. The van der Waals surface area contributed by atoms with E-state index in [1.807, 2.05) is 0 Å². The molecule has 6 heteroatoms. The van der Waals surface area contributed by atoms with Crippen molar-refractivity contribution in [1.29, 1.82) is 0 Å². The first kappa shape index (κ1) is 24.2. The molecule has 0 unspecified atom stereocenters. The summed E-state index contributed by atoms with van der Waals surface area (Å²) in [5.41, 5.74) is 0. The van der Waals surface area contributed by atoms with Crippen LogP contribution in [0.2, 0.25) is 0 Å². The van der Waals surface area contributed by atoms with Gasteiger partial charge in [0, 0.05) is 0 Å². The number of rotatable bonds is 0. The second kappa shape index (κ2) is 27.4. The van der Waals surface area contributed by atoms with Crippen LogP contribution in [-0.2, 0) is 19.5 Å². The molecule has 0 aliphatic rings. The molecule has 0 N–H and O–H groups in total. The maximum Gasteiger partial charge on any atom is 2.00 e. The monoisotopic (exact) mass is 189 g/mol. The van der Waals surface area contributed by atoms with Gasteiger partial charge in [-0.15, -0.1) is 0 Å². The quantitative estimate of drug-likeness (QED) is 0.357. The average molecular weight is 191 g/mol. The Morgan fingerprint density at radius 1 is 1.17 bits per heavy atom. The minimum absolute atomic E-state index is 0. The third-order valence-electron chi connectivity index (χ3n) is 0. The molecule has 0 atom stereocenters. The number of hydrogen-bond donors (Lipinski definition) is 0. The zero-order chi connectivity index (χ0) is 2.71. The average Bonchev–Trinajstić information content (AvgIpc) is 0.918. The summed E-state index contributed by atoms with van der Waals surface area (Å²) in [7, 11) is 0. The maximum absolute atomic E-state index is 8.24. The molecule has 0 bridgehead atoms. The summed E-state index contributed by atoms with van der Waals surface area (Å²) in [5, 5.41) is 0. The van der Waals surface area contributed by atoms with Gasteiger partial charge in [-0.3, -0.25) is 0 Å². The van der Waals surface area contributed by atoms with Crippen molar-refractivity contribution in [3.8, 4) is 0 Å². The zero-order valence-electron chi connectivity index (χ0n) is 3.28. The molecule has 0 saturated heterocycles. The standard InChI is InChI=1S/ClO2.ClH.Na.Zn/c2-1-3;;;/h;1H;;/q-1;;+1;+2/p-1. The summed E-state index contributed by atoms with van der Waals surface area (Å²) in [6.45, 7) is 0. The van der Waals surface area contributed by atoms with Gasteiger partial charge in [0.05, 0.1) is 11.3 Å². The van der Waals surface area contributed by atoms with Crippen LogP contribution in [0.15, 0.2) is 0 Å². The van der Waals surface area contributed by atoms with Crippen molar-refractivity contribution in [2.24, 2.45) is 0 Å². The van der Waals surface area contributed by atoms with Crippen LogP contribution in [0, 0.1) is 11.3 Å². The second-order valence-electron chi connectivity index (χ2n) is 0.0630. The van der Waals surface area contributed by atoms with Gasteiger partial charge in [-0.2, -0.15) is 0 Å². The third-order valence-corrected chi connectivity index (χ3v) is 0. The van der Waals surface area contributed by atoms with Crippen LogP contribution in [0.1, 0.15) is 0 Å². The molecule has 0 saturated carbocycles. The Morgan fingerprint density at radius 3 is 1.17 bits per heavy atom. The molecule has 0 fully saturated rings. The number of halogens is 2. The Balaban J connectivity index is -0.00000000667. The largest absolute Gasteiger partial charge is 2.00 e. The van der Waals surface area contributed by atoms with Crippen LogP contribution in [-0.4, -0.2) is 0 Å². The van der Waals surface area contributed by atoms with Crippen molar-refractivity contribution in [3.63, 3.8) is 0 Å². The van der Waals surface area contributed by atoms with Crippen LogP contribution in [0.4, 0.5) is 0 Å². The fraction of sp³-hybridized carbons (Fsp3) is 0. The molecular formula is Cl2NaO2Zn+. The van der Waals surface area contributed by atoms with E-state index < -0.39 is 11.3 Å². The van der Waals surface area contributed by atoms with Crippen molar-refractivity contribution in [3.05, 3.63) is 0 Å². The molecule has 0 rings (SSSR count). The Labute approximate surface area is 81.2 Å². The molecule has 6 heavy (non-hydrogen) atoms. The Hall–Kier alpha value is 2.12. The van der Waals surface area contributed by atoms with Gasteiger partial charge >= 0.3 is 49.0 Å². The van der Waals surface area contributed by atoms with E-state index in [0.29, 0.717) is 0 Å². The minimum atomic E-state index is -0.417. The van der Waals surface area contributed by atoms with E-state index in [2.05, 4.69) is 0 Å². The van der Waals surface area contributed by atoms with Gasteiger partial charge in [0.25, 0.3) is 0 Å². The van der Waals surface area contributed by atoms with Crippen LogP contribution in [0.3, 0.4) is 0 Å². The molecule has 0 aliphatic carbocycles. The van der Waals surface area contributed by atoms with Gasteiger partial charge < -0.3 is 21.7 Å². The second-order valence-corrected chi connectivity index (χ2v) is 0.189. The van der Waals surface area contributed by atoms with E-state index >= 15 is 0 Å². The van der Waals surface area contributed by atoms with Gasteiger partial charge in [-0.25, -0.2) is 0 Å². The fourth-order valence-corrected chi connectivity index (χ4v) is 0. The molecule has 0 aliphatic heterocycles. The van der Waals surface area contributed by atoms with E-state index in [0.717, 1.165) is 0 Å². The number of hydrogen-bond acceptors (Lipinski definition) is 2. The molecule has 0 amide bonds. The first-order valence-corrected chi connectivity index (χ1v) is 0.926. The van der Waals surface area contributed by atoms with Crippen molar-refractivity contribution < 1.29 is 82.1 Å². The van der Waals surface area contributed by atoms with Crippen molar-refractivity contribution in [1.82, 2.24) is 0 Å². The summed E-state index contributed by atoms with van der Waals surface area (Å²) < 4.78 is 16.5. The maximum atomic E-state index is 8.24. The summed E-state index contributed by atoms with van der Waals surface area (Å²) in [4.78, 5) is 0. The summed E-state index contributed by atoms with van der Waals surface area (Å²) >= 11 is -0.417. The van der Waals surface area contributed by atoms with Gasteiger partial charge in [-0.1, -0.05) is 0 Å². The third kappa shape index (κ3) is 35.6. The molecule has 0 aromatic heterocycles. The Kier molecular flexibility index (Phi) is 111. The van der Waals surface area contributed by atoms with Crippen molar-refractivity contribution >= 4 is 0 Å². The van der Waals surface area contributed by atoms with Gasteiger partial charge in [0.15, 0.2) is 0 Å². The van der Waals surface area contributed by atoms with Crippen molar-refractivity contribution in [2.75, 3.05) is 0 Å². The molecule has 0 radical (unpaired) electrons. The van der Waals surface area contributed by atoms with Crippen LogP contribution in [0.5, 0.6) is 0 Å². The Morgan fingerprint density at radius 2 is 1.17 bits per heavy atom. The zero-order valence-corrected chi connectivity index (χ0v) is 9.76. The molecule has 0 aromatic rings. The SMILES string of the molecule is [Cl-].[Na+].[O-][Cl+][O-].[Zn+2]. The van der Waals surface area contributed by atoms with Gasteiger partial charge in [-0.05, 0) is 0 Å². The van der Waals surface area contributed by atoms with Crippen LogP contribution < -0.4 is 51.3 Å². The summed E-state index contributed by atoms with van der Waals surface area (Å²) in [6.07, 6.45) is 0. The van der Waals surface area contributed by atoms with Gasteiger partial charge in [0.2, 0.25) is 0 Å². The molecule has 0 heterocycles. The predicted octanol–water partition coefficient (Wildman–Crippen LogP) is -8.37. The predicted molar refractivity (Wildman–Crippen MR) is 0 cm³/mol. The van der Waals surface area contributed by atoms with Gasteiger partial charge in [0.1, 0.15) is 0 Å². The summed E-state index contributed by atoms with van der Waals surface area (Å²) in [6, 6.07) is 0. The molecule has 0 aromatic carbocycles. The molecule has 0 spiro atoms. The first-order valence-electron chi connectivity index (χ1n) is 0.309. The van der Waals surface area contributed by atoms with Crippen LogP contribution >= 0.6 is 0 Å². The van der Waals surface area contributed by atoms with E-state index in [1.165, 1.54) is 0 Å². The topological polar surface area (TPSA) is 46.1 Å². The Bertz CT molecular complexity index is 11.5. The molecule has 28 valence electrons. The normalized spacial score (nSPS) is 3.00. The first-order chi connectivity index (χ1) is 1.41. The van der Waals surface area contributed by atoms with Crippen molar-refractivity contribution in [2.45, 2.75) is 0 Å². The molecule has 2 nitrogen and oxygen atoms in total.